The molecule has 0 spiro atoms. The first kappa shape index (κ1) is 10.1. The molecule has 0 aromatic heterocycles. The highest BCUT2D eigenvalue weighted by atomic mass is 79.9. The Balaban J connectivity index is 2.69. The minimum absolute atomic E-state index is 1.13. The van der Waals surface area contributed by atoms with E-state index in [0.717, 1.165) is 5.75 Å². The third-order valence-corrected chi connectivity index (χ3v) is 3.53. The van der Waals surface area contributed by atoms with E-state index in [1.54, 1.807) is 0 Å². The third-order valence-electron chi connectivity index (χ3n) is 1.70. The summed E-state index contributed by atoms with van der Waals surface area (Å²) >= 11 is 5.45. The molecule has 1 aromatic carbocycles. The Labute approximate surface area is 86.9 Å². The van der Waals surface area contributed by atoms with Gasteiger partial charge in [0.05, 0.1) is 0 Å². The standard InChI is InChI=1S/C10H13BrS/c1-3-12-7-9-4-5-10(11)8(2)6-9/h4-6H,3,7H2,1-2H3. The Bertz CT molecular complexity index is 258. The average Bonchev–Trinajstić information content (AvgIpc) is 2.07. The summed E-state index contributed by atoms with van der Waals surface area (Å²) in [5.74, 6) is 2.32. The second-order valence-electron chi connectivity index (χ2n) is 2.72. The van der Waals surface area contributed by atoms with Crippen molar-refractivity contribution in [2.75, 3.05) is 5.75 Å². The van der Waals surface area contributed by atoms with Crippen molar-refractivity contribution in [1.29, 1.82) is 0 Å². The molecule has 1 aromatic rings. The van der Waals surface area contributed by atoms with Crippen LogP contribution in [0.3, 0.4) is 0 Å². The van der Waals surface area contributed by atoms with E-state index in [1.807, 2.05) is 11.8 Å². The van der Waals surface area contributed by atoms with E-state index < -0.39 is 0 Å². The fourth-order valence-corrected chi connectivity index (χ4v) is 1.88. The van der Waals surface area contributed by atoms with Gasteiger partial charge in [0, 0.05) is 10.2 Å². The maximum Gasteiger partial charge on any atom is 0.0204 e. The first-order valence-corrected chi connectivity index (χ1v) is 6.01. The average molecular weight is 245 g/mol. The molecule has 0 nitrogen and oxygen atoms in total. The number of rotatable bonds is 3. The fraction of sp³-hybridized carbons (Fsp3) is 0.400. The SMILES string of the molecule is CCSCc1ccc(Br)c(C)c1. The molecule has 0 bridgehead atoms. The number of benzene rings is 1. The van der Waals surface area contributed by atoms with Crippen LogP contribution < -0.4 is 0 Å². The van der Waals surface area contributed by atoms with Crippen LogP contribution in [0.1, 0.15) is 18.1 Å². The van der Waals surface area contributed by atoms with E-state index >= 15 is 0 Å². The van der Waals surface area contributed by atoms with Crippen LogP contribution in [0.2, 0.25) is 0 Å². The van der Waals surface area contributed by atoms with Crippen molar-refractivity contribution >= 4 is 27.7 Å². The normalized spacial score (nSPS) is 10.2. The summed E-state index contributed by atoms with van der Waals surface area (Å²) in [6.45, 7) is 4.32. The van der Waals surface area contributed by atoms with E-state index in [2.05, 4.69) is 48.0 Å². The van der Waals surface area contributed by atoms with Gasteiger partial charge in [0.15, 0.2) is 0 Å². The van der Waals surface area contributed by atoms with Crippen molar-refractivity contribution in [2.24, 2.45) is 0 Å². The predicted octanol–water partition coefficient (Wildman–Crippen LogP) is 4.01. The van der Waals surface area contributed by atoms with Gasteiger partial charge in [-0.1, -0.05) is 35.0 Å². The Morgan fingerprint density at radius 1 is 1.42 bits per heavy atom. The quantitative estimate of drug-likeness (QED) is 0.775. The first-order chi connectivity index (χ1) is 5.74. The summed E-state index contributed by atoms with van der Waals surface area (Å²) in [5, 5.41) is 0. The summed E-state index contributed by atoms with van der Waals surface area (Å²) < 4.78 is 1.20. The molecule has 0 saturated carbocycles. The van der Waals surface area contributed by atoms with Gasteiger partial charge in [-0.15, -0.1) is 0 Å². The minimum atomic E-state index is 1.13. The second-order valence-corrected chi connectivity index (χ2v) is 4.85. The van der Waals surface area contributed by atoms with Crippen molar-refractivity contribution in [3.8, 4) is 0 Å². The number of hydrogen-bond acceptors (Lipinski definition) is 1. The van der Waals surface area contributed by atoms with Crippen molar-refractivity contribution in [1.82, 2.24) is 0 Å². The van der Waals surface area contributed by atoms with Gasteiger partial charge in [0.2, 0.25) is 0 Å². The monoisotopic (exact) mass is 244 g/mol. The lowest BCUT2D eigenvalue weighted by molar-refractivity contribution is 1.33. The van der Waals surface area contributed by atoms with E-state index in [4.69, 9.17) is 0 Å². The van der Waals surface area contributed by atoms with Gasteiger partial charge in [-0.3, -0.25) is 0 Å². The zero-order valence-corrected chi connectivity index (χ0v) is 9.83. The molecule has 2 heteroatoms. The molecule has 66 valence electrons. The molecule has 0 aliphatic rings. The molecule has 0 heterocycles. The molecule has 0 fully saturated rings. The maximum atomic E-state index is 3.49. The van der Waals surface area contributed by atoms with Crippen molar-refractivity contribution in [2.45, 2.75) is 19.6 Å². The van der Waals surface area contributed by atoms with Crippen LogP contribution in [0.15, 0.2) is 22.7 Å². The summed E-state index contributed by atoms with van der Waals surface area (Å²) in [5.41, 5.74) is 2.74. The lowest BCUT2D eigenvalue weighted by Gasteiger charge is -2.02. The van der Waals surface area contributed by atoms with Gasteiger partial charge in [-0.05, 0) is 29.9 Å². The van der Waals surface area contributed by atoms with Gasteiger partial charge in [-0.25, -0.2) is 0 Å². The highest BCUT2D eigenvalue weighted by Gasteiger charge is 1.96. The van der Waals surface area contributed by atoms with Gasteiger partial charge < -0.3 is 0 Å². The van der Waals surface area contributed by atoms with Crippen LogP contribution in [-0.2, 0) is 5.75 Å². The van der Waals surface area contributed by atoms with E-state index in [9.17, 15) is 0 Å². The van der Waals surface area contributed by atoms with Gasteiger partial charge in [-0.2, -0.15) is 11.8 Å². The molecule has 0 amide bonds. The topological polar surface area (TPSA) is 0 Å². The summed E-state index contributed by atoms with van der Waals surface area (Å²) in [6.07, 6.45) is 0. The van der Waals surface area contributed by atoms with E-state index in [1.165, 1.54) is 21.4 Å². The molecular weight excluding hydrogens is 232 g/mol. The smallest absolute Gasteiger partial charge is 0.0204 e. The fourth-order valence-electron chi connectivity index (χ4n) is 1.02. The van der Waals surface area contributed by atoms with E-state index in [-0.39, 0.29) is 0 Å². The Morgan fingerprint density at radius 2 is 2.17 bits per heavy atom. The lowest BCUT2D eigenvalue weighted by atomic mass is 10.2. The van der Waals surface area contributed by atoms with Gasteiger partial charge in [0.1, 0.15) is 0 Å². The van der Waals surface area contributed by atoms with Crippen LogP contribution in [-0.4, -0.2) is 5.75 Å². The van der Waals surface area contributed by atoms with E-state index in [0.29, 0.717) is 0 Å². The molecule has 0 saturated heterocycles. The predicted molar refractivity (Wildman–Crippen MR) is 60.7 cm³/mol. The maximum absolute atomic E-state index is 3.49. The molecule has 0 atom stereocenters. The Hall–Kier alpha value is 0.0500. The zero-order chi connectivity index (χ0) is 8.97. The van der Waals surface area contributed by atoms with Gasteiger partial charge >= 0.3 is 0 Å². The van der Waals surface area contributed by atoms with Crippen LogP contribution in [0.25, 0.3) is 0 Å². The number of aryl methyl sites for hydroxylation is 1. The highest BCUT2D eigenvalue weighted by Crippen LogP contribution is 2.19. The van der Waals surface area contributed by atoms with Crippen molar-refractivity contribution < 1.29 is 0 Å². The van der Waals surface area contributed by atoms with Gasteiger partial charge in [0.25, 0.3) is 0 Å². The highest BCUT2D eigenvalue weighted by molar-refractivity contribution is 9.10. The third kappa shape index (κ3) is 2.83. The van der Waals surface area contributed by atoms with Crippen molar-refractivity contribution in [3.05, 3.63) is 33.8 Å². The molecule has 12 heavy (non-hydrogen) atoms. The molecule has 1 rings (SSSR count). The lowest BCUT2D eigenvalue weighted by Crippen LogP contribution is -1.83. The van der Waals surface area contributed by atoms with Crippen LogP contribution in [0.4, 0.5) is 0 Å². The number of halogens is 1. The summed E-state index contributed by atoms with van der Waals surface area (Å²) in [7, 11) is 0. The van der Waals surface area contributed by atoms with Crippen LogP contribution >= 0.6 is 27.7 Å². The summed E-state index contributed by atoms with van der Waals surface area (Å²) in [4.78, 5) is 0. The minimum Gasteiger partial charge on any atom is -0.157 e. The number of thioether (sulfide) groups is 1. The molecule has 0 radical (unpaired) electrons. The zero-order valence-electron chi connectivity index (χ0n) is 7.43. The molecule has 0 aliphatic carbocycles. The molecule has 0 N–H and O–H groups in total. The largest absolute Gasteiger partial charge is 0.157 e. The second kappa shape index (κ2) is 4.93. The molecule has 0 unspecified atom stereocenters. The van der Waals surface area contributed by atoms with Crippen LogP contribution in [0.5, 0.6) is 0 Å². The Morgan fingerprint density at radius 3 is 2.75 bits per heavy atom. The molecule has 0 aliphatic heterocycles. The Kier molecular flexibility index (Phi) is 4.16. The van der Waals surface area contributed by atoms with Crippen LogP contribution in [0, 0.1) is 6.92 Å². The van der Waals surface area contributed by atoms with Crippen molar-refractivity contribution in [3.63, 3.8) is 0 Å². The number of hydrogen-bond donors (Lipinski definition) is 0. The molecular formula is C10H13BrS. The summed E-state index contributed by atoms with van der Waals surface area (Å²) in [6, 6.07) is 6.55. The first-order valence-electron chi connectivity index (χ1n) is 4.07.